The summed E-state index contributed by atoms with van der Waals surface area (Å²) in [5.74, 6) is -1.40. The van der Waals surface area contributed by atoms with Gasteiger partial charge in [-0.1, -0.05) is 12.8 Å². The Hall–Kier alpha value is -1.79. The van der Waals surface area contributed by atoms with Crippen molar-refractivity contribution in [1.82, 2.24) is 10.6 Å². The number of carbonyl (C=O) groups excluding carboxylic acids is 2. The van der Waals surface area contributed by atoms with E-state index in [1.807, 2.05) is 0 Å². The van der Waals surface area contributed by atoms with E-state index in [0.29, 0.717) is 12.8 Å². The number of aliphatic carboxylic acids is 1. The molecule has 19 heavy (non-hydrogen) atoms. The summed E-state index contributed by atoms with van der Waals surface area (Å²) in [6.07, 6.45) is 2.86. The van der Waals surface area contributed by atoms with Crippen molar-refractivity contribution in [3.05, 3.63) is 0 Å². The minimum Gasteiger partial charge on any atom is -0.481 e. The number of carbonyl (C=O) groups is 3. The summed E-state index contributed by atoms with van der Waals surface area (Å²) in [5, 5.41) is 14.1. The molecule has 1 aliphatic rings. The predicted octanol–water partition coefficient (Wildman–Crippen LogP) is 0.494. The van der Waals surface area contributed by atoms with E-state index < -0.39 is 23.4 Å². The van der Waals surface area contributed by atoms with E-state index in [4.69, 9.17) is 0 Å². The minimum atomic E-state index is -0.879. The van der Waals surface area contributed by atoms with Gasteiger partial charge in [0.1, 0.15) is 6.54 Å². The van der Waals surface area contributed by atoms with Gasteiger partial charge < -0.3 is 20.5 Å². The van der Waals surface area contributed by atoms with Crippen LogP contribution in [0, 0.1) is 5.41 Å². The van der Waals surface area contributed by atoms with Crippen molar-refractivity contribution in [2.75, 3.05) is 19.7 Å². The second kappa shape index (κ2) is 6.96. The molecule has 0 heterocycles. The number of amides is 2. The molecule has 1 rings (SSSR count). The minimum absolute atomic E-state index is 0.0803. The first kappa shape index (κ1) is 15.3. The Morgan fingerprint density at radius 2 is 1.84 bits per heavy atom. The zero-order chi connectivity index (χ0) is 14.3. The van der Waals surface area contributed by atoms with Gasteiger partial charge in [0.2, 0.25) is 0 Å². The molecule has 108 valence electrons. The monoisotopic (exact) mass is 272 g/mol. The maximum atomic E-state index is 11.5. The summed E-state index contributed by atoms with van der Waals surface area (Å²) >= 11 is 0. The number of hydrogen-bond acceptors (Lipinski definition) is 4. The van der Waals surface area contributed by atoms with E-state index in [-0.39, 0.29) is 19.7 Å². The average Bonchev–Trinajstić information content (AvgIpc) is 2.84. The van der Waals surface area contributed by atoms with Crippen molar-refractivity contribution < 1.29 is 24.2 Å². The summed E-state index contributed by atoms with van der Waals surface area (Å²) in [6.45, 7) is 1.79. The van der Waals surface area contributed by atoms with Gasteiger partial charge in [-0.25, -0.2) is 4.79 Å². The van der Waals surface area contributed by atoms with Gasteiger partial charge in [-0.2, -0.15) is 0 Å². The lowest BCUT2D eigenvalue weighted by Crippen LogP contribution is -2.46. The second-order valence-electron chi connectivity index (χ2n) is 4.63. The van der Waals surface area contributed by atoms with Crippen molar-refractivity contribution in [3.63, 3.8) is 0 Å². The number of nitrogens with one attached hydrogen (secondary N) is 2. The summed E-state index contributed by atoms with van der Waals surface area (Å²) in [4.78, 5) is 33.7. The SMILES string of the molecule is CCOC(=O)CNC(=O)NCC1(C(=O)O)CCCC1. The van der Waals surface area contributed by atoms with Gasteiger partial charge in [0, 0.05) is 6.54 Å². The fourth-order valence-corrected chi connectivity index (χ4v) is 2.19. The summed E-state index contributed by atoms with van der Waals surface area (Å²) in [7, 11) is 0. The first-order valence-electron chi connectivity index (χ1n) is 6.41. The van der Waals surface area contributed by atoms with Gasteiger partial charge in [0.15, 0.2) is 0 Å². The molecule has 0 aromatic heterocycles. The third kappa shape index (κ3) is 4.42. The molecule has 0 radical (unpaired) electrons. The van der Waals surface area contributed by atoms with Crippen LogP contribution in [0.4, 0.5) is 4.79 Å². The lowest BCUT2D eigenvalue weighted by molar-refractivity contribution is -0.148. The van der Waals surface area contributed by atoms with Crippen LogP contribution >= 0.6 is 0 Å². The highest BCUT2D eigenvalue weighted by atomic mass is 16.5. The standard InChI is InChI=1S/C12H20N2O5/c1-2-19-9(15)7-13-11(18)14-8-12(10(16)17)5-3-4-6-12/h2-8H2,1H3,(H,16,17)(H2,13,14,18). The molecule has 0 atom stereocenters. The quantitative estimate of drug-likeness (QED) is 0.610. The Morgan fingerprint density at radius 3 is 2.37 bits per heavy atom. The zero-order valence-corrected chi connectivity index (χ0v) is 11.0. The van der Waals surface area contributed by atoms with Gasteiger partial charge in [-0.05, 0) is 19.8 Å². The molecule has 0 spiro atoms. The number of hydrogen-bond donors (Lipinski definition) is 3. The number of rotatable bonds is 6. The first-order valence-corrected chi connectivity index (χ1v) is 6.41. The average molecular weight is 272 g/mol. The van der Waals surface area contributed by atoms with E-state index in [1.54, 1.807) is 6.92 Å². The molecular weight excluding hydrogens is 252 g/mol. The van der Waals surface area contributed by atoms with E-state index in [1.165, 1.54) is 0 Å². The van der Waals surface area contributed by atoms with Gasteiger partial charge >= 0.3 is 18.0 Å². The zero-order valence-electron chi connectivity index (χ0n) is 11.0. The first-order chi connectivity index (χ1) is 9.00. The van der Waals surface area contributed by atoms with Crippen LogP contribution in [0.2, 0.25) is 0 Å². The van der Waals surface area contributed by atoms with Crippen molar-refractivity contribution in [3.8, 4) is 0 Å². The van der Waals surface area contributed by atoms with Crippen LogP contribution in [-0.4, -0.2) is 42.8 Å². The largest absolute Gasteiger partial charge is 0.481 e. The van der Waals surface area contributed by atoms with Crippen LogP contribution in [-0.2, 0) is 14.3 Å². The molecule has 0 aromatic rings. The lowest BCUT2D eigenvalue weighted by atomic mass is 9.86. The Labute approximate surface area is 111 Å². The van der Waals surface area contributed by atoms with Crippen LogP contribution in [0.15, 0.2) is 0 Å². The molecule has 1 fully saturated rings. The Bertz CT molecular complexity index is 350. The van der Waals surface area contributed by atoms with Crippen molar-refractivity contribution >= 4 is 18.0 Å². The third-order valence-corrected chi connectivity index (χ3v) is 3.30. The molecule has 7 heteroatoms. The summed E-state index contributed by atoms with van der Waals surface area (Å²) in [6, 6.07) is -0.555. The Morgan fingerprint density at radius 1 is 1.21 bits per heavy atom. The maximum absolute atomic E-state index is 11.5. The van der Waals surface area contributed by atoms with Gasteiger partial charge in [-0.15, -0.1) is 0 Å². The number of carboxylic acid groups (broad SMARTS) is 1. The van der Waals surface area contributed by atoms with E-state index in [2.05, 4.69) is 15.4 Å². The van der Waals surface area contributed by atoms with Gasteiger partial charge in [0.05, 0.1) is 12.0 Å². The summed E-state index contributed by atoms with van der Waals surface area (Å²) < 4.78 is 4.65. The molecule has 7 nitrogen and oxygen atoms in total. The van der Waals surface area contributed by atoms with Crippen molar-refractivity contribution in [2.45, 2.75) is 32.6 Å². The maximum Gasteiger partial charge on any atom is 0.325 e. The van der Waals surface area contributed by atoms with Crippen LogP contribution in [0.3, 0.4) is 0 Å². The fourth-order valence-electron chi connectivity index (χ4n) is 2.19. The van der Waals surface area contributed by atoms with Crippen LogP contribution in [0.1, 0.15) is 32.6 Å². The molecule has 3 N–H and O–H groups in total. The van der Waals surface area contributed by atoms with Crippen molar-refractivity contribution in [1.29, 1.82) is 0 Å². The smallest absolute Gasteiger partial charge is 0.325 e. The number of urea groups is 1. The molecular formula is C12H20N2O5. The predicted molar refractivity (Wildman–Crippen MR) is 66.6 cm³/mol. The van der Waals surface area contributed by atoms with Crippen LogP contribution in [0.25, 0.3) is 0 Å². The van der Waals surface area contributed by atoms with E-state index >= 15 is 0 Å². The number of carboxylic acids is 1. The lowest BCUT2D eigenvalue weighted by Gasteiger charge is -2.23. The van der Waals surface area contributed by atoms with Crippen LogP contribution in [0.5, 0.6) is 0 Å². The highest BCUT2D eigenvalue weighted by molar-refractivity contribution is 5.81. The third-order valence-electron chi connectivity index (χ3n) is 3.30. The van der Waals surface area contributed by atoms with Gasteiger partial charge in [0.25, 0.3) is 0 Å². The van der Waals surface area contributed by atoms with Crippen molar-refractivity contribution in [2.24, 2.45) is 5.41 Å². The molecule has 1 saturated carbocycles. The molecule has 0 unspecified atom stereocenters. The molecule has 0 aliphatic heterocycles. The summed E-state index contributed by atoms with van der Waals surface area (Å²) in [5.41, 5.74) is -0.860. The normalized spacial score (nSPS) is 16.7. The molecule has 0 saturated heterocycles. The highest BCUT2D eigenvalue weighted by Crippen LogP contribution is 2.37. The topological polar surface area (TPSA) is 105 Å². The fraction of sp³-hybridized carbons (Fsp3) is 0.750. The highest BCUT2D eigenvalue weighted by Gasteiger charge is 2.41. The Kier molecular flexibility index (Phi) is 5.59. The van der Waals surface area contributed by atoms with E-state index in [0.717, 1.165) is 12.8 Å². The van der Waals surface area contributed by atoms with E-state index in [9.17, 15) is 19.5 Å². The van der Waals surface area contributed by atoms with Gasteiger partial charge in [-0.3, -0.25) is 9.59 Å². The number of ether oxygens (including phenoxy) is 1. The van der Waals surface area contributed by atoms with Crippen LogP contribution < -0.4 is 10.6 Å². The Balaban J connectivity index is 2.33. The molecule has 0 bridgehead atoms. The molecule has 2 amide bonds. The number of esters is 1. The molecule has 0 aromatic carbocycles. The molecule has 1 aliphatic carbocycles. The second-order valence-corrected chi connectivity index (χ2v) is 4.63.